The monoisotopic (exact) mass is 390 g/mol. The maximum absolute atomic E-state index is 14.5. The molecule has 1 aliphatic rings. The molecule has 0 radical (unpaired) electrons. The number of benzene rings is 2. The van der Waals surface area contributed by atoms with E-state index < -0.39 is 12.5 Å². The fraction of sp³-hybridized carbons (Fsp3) is 0.381. The quantitative estimate of drug-likeness (QED) is 0.753. The van der Waals surface area contributed by atoms with Crippen molar-refractivity contribution in [1.29, 1.82) is 0 Å². The van der Waals surface area contributed by atoms with Gasteiger partial charge in [-0.25, -0.2) is 0 Å². The molecule has 0 spiro atoms. The Kier molecular flexibility index (Phi) is 6.95. The summed E-state index contributed by atoms with van der Waals surface area (Å²) in [6, 6.07) is 15.4. The molecule has 5 nitrogen and oxygen atoms in total. The summed E-state index contributed by atoms with van der Waals surface area (Å²) in [6.07, 6.45) is 0. The maximum atomic E-state index is 14.5. The van der Waals surface area contributed by atoms with Gasteiger partial charge in [0, 0.05) is 18.7 Å². The van der Waals surface area contributed by atoms with Crippen molar-refractivity contribution in [1.82, 2.24) is 10.2 Å². The number of morpholine rings is 1. The average molecular weight is 390 g/mol. The lowest BCUT2D eigenvalue weighted by atomic mass is 10.1. The molecule has 2 aromatic rings. The van der Waals surface area contributed by atoms with Gasteiger partial charge in [0.1, 0.15) is 12.4 Å². The van der Waals surface area contributed by atoms with Crippen LogP contribution in [0.5, 0.6) is 5.75 Å². The topological polar surface area (TPSA) is 50.8 Å². The van der Waals surface area contributed by atoms with Crippen molar-refractivity contribution in [3.05, 3.63) is 65.7 Å². The van der Waals surface area contributed by atoms with Crippen LogP contribution in [0.15, 0.2) is 54.6 Å². The number of rotatable bonds is 8. The molecule has 0 bridgehead atoms. The third kappa shape index (κ3) is 5.74. The van der Waals surface area contributed by atoms with Gasteiger partial charge in [-0.3, -0.25) is 4.79 Å². The van der Waals surface area contributed by atoms with Crippen LogP contribution in [0.4, 0.5) is 8.78 Å². The summed E-state index contributed by atoms with van der Waals surface area (Å²) >= 11 is 0. The molecule has 7 heteroatoms. The average Bonchev–Trinajstić information content (AvgIpc) is 2.74. The first-order valence-corrected chi connectivity index (χ1v) is 9.26. The van der Waals surface area contributed by atoms with Crippen LogP contribution < -0.4 is 10.1 Å². The molecule has 0 saturated carbocycles. The second-order valence-corrected chi connectivity index (χ2v) is 6.60. The summed E-state index contributed by atoms with van der Waals surface area (Å²) < 4.78 is 39.9. The standard InChI is InChI=1S/C21H24F2N2O3/c22-21(23,16-24-14-20(26)25-9-11-27-12-10-25)18-7-4-8-19(13-18)28-15-17-5-2-1-3-6-17/h1-8,13,24H,9-12,14-16H2. The third-order valence-electron chi connectivity index (χ3n) is 4.49. The Hall–Kier alpha value is -2.51. The number of hydrogen-bond donors (Lipinski definition) is 1. The largest absolute Gasteiger partial charge is 0.489 e. The van der Waals surface area contributed by atoms with E-state index in [4.69, 9.17) is 9.47 Å². The minimum atomic E-state index is -3.11. The van der Waals surface area contributed by atoms with E-state index in [0.29, 0.717) is 38.7 Å². The summed E-state index contributed by atoms with van der Waals surface area (Å²) in [4.78, 5) is 13.7. The van der Waals surface area contributed by atoms with Crippen LogP contribution in [0.1, 0.15) is 11.1 Å². The number of hydrogen-bond acceptors (Lipinski definition) is 4. The van der Waals surface area contributed by atoms with Gasteiger partial charge >= 0.3 is 0 Å². The zero-order valence-corrected chi connectivity index (χ0v) is 15.6. The molecule has 0 aliphatic carbocycles. The number of nitrogens with one attached hydrogen (secondary N) is 1. The summed E-state index contributed by atoms with van der Waals surface area (Å²) in [7, 11) is 0. The van der Waals surface area contributed by atoms with Gasteiger partial charge in [0.25, 0.3) is 5.92 Å². The maximum Gasteiger partial charge on any atom is 0.285 e. The van der Waals surface area contributed by atoms with E-state index in [0.717, 1.165) is 5.56 Å². The molecule has 1 saturated heterocycles. The van der Waals surface area contributed by atoms with Gasteiger partial charge in [-0.15, -0.1) is 0 Å². The molecule has 1 fully saturated rings. The number of nitrogens with zero attached hydrogens (tertiary/aromatic N) is 1. The van der Waals surface area contributed by atoms with Gasteiger partial charge in [0.05, 0.1) is 26.3 Å². The van der Waals surface area contributed by atoms with Gasteiger partial charge in [0.2, 0.25) is 5.91 Å². The highest BCUT2D eigenvalue weighted by atomic mass is 19.3. The van der Waals surface area contributed by atoms with Crippen molar-refractivity contribution in [2.45, 2.75) is 12.5 Å². The van der Waals surface area contributed by atoms with E-state index in [1.165, 1.54) is 12.1 Å². The predicted octanol–water partition coefficient (Wildman–Crippen LogP) is 2.81. The first-order valence-electron chi connectivity index (χ1n) is 9.26. The van der Waals surface area contributed by atoms with E-state index in [2.05, 4.69) is 5.32 Å². The summed E-state index contributed by atoms with van der Waals surface area (Å²) in [5.41, 5.74) is 0.812. The summed E-state index contributed by atoms with van der Waals surface area (Å²) in [5, 5.41) is 2.58. The predicted molar refractivity (Wildman–Crippen MR) is 101 cm³/mol. The van der Waals surface area contributed by atoms with Gasteiger partial charge < -0.3 is 19.7 Å². The third-order valence-corrected chi connectivity index (χ3v) is 4.49. The molecule has 3 rings (SSSR count). The number of halogens is 2. The van der Waals surface area contributed by atoms with Crippen molar-refractivity contribution in [2.75, 3.05) is 39.4 Å². The number of carbonyl (C=O) groups excluding carboxylic acids is 1. The zero-order valence-electron chi connectivity index (χ0n) is 15.6. The summed E-state index contributed by atoms with van der Waals surface area (Å²) in [5.74, 6) is -2.93. The lowest BCUT2D eigenvalue weighted by Crippen LogP contribution is -2.46. The van der Waals surface area contributed by atoms with Gasteiger partial charge in [-0.1, -0.05) is 42.5 Å². The molecule has 1 amide bonds. The molecular formula is C21H24F2N2O3. The fourth-order valence-corrected chi connectivity index (χ4v) is 2.91. The Morgan fingerprint density at radius 3 is 2.61 bits per heavy atom. The molecule has 0 atom stereocenters. The van der Waals surface area contributed by atoms with Crippen molar-refractivity contribution >= 4 is 5.91 Å². The molecular weight excluding hydrogens is 366 g/mol. The van der Waals surface area contributed by atoms with E-state index in [-0.39, 0.29) is 18.0 Å². The SMILES string of the molecule is O=C(CNCC(F)(F)c1cccc(OCc2ccccc2)c1)N1CCOCC1. The lowest BCUT2D eigenvalue weighted by molar-refractivity contribution is -0.134. The zero-order chi connectivity index (χ0) is 19.8. The highest BCUT2D eigenvalue weighted by molar-refractivity contribution is 5.78. The number of amides is 1. The molecule has 1 aliphatic heterocycles. The normalized spacial score (nSPS) is 14.7. The first-order chi connectivity index (χ1) is 13.5. The van der Waals surface area contributed by atoms with Crippen molar-refractivity contribution < 1.29 is 23.0 Å². The Morgan fingerprint density at radius 1 is 1.11 bits per heavy atom. The number of ether oxygens (including phenoxy) is 2. The van der Waals surface area contributed by atoms with Crippen LogP contribution in [0.3, 0.4) is 0 Å². The van der Waals surface area contributed by atoms with Gasteiger partial charge in [0.15, 0.2) is 0 Å². The van der Waals surface area contributed by atoms with Crippen LogP contribution in [-0.2, 0) is 22.1 Å². The number of carbonyl (C=O) groups is 1. The van der Waals surface area contributed by atoms with Crippen molar-refractivity contribution in [2.24, 2.45) is 0 Å². The minimum Gasteiger partial charge on any atom is -0.489 e. The summed E-state index contributed by atoms with van der Waals surface area (Å²) in [6.45, 7) is 1.53. The molecule has 150 valence electrons. The van der Waals surface area contributed by atoms with Crippen LogP contribution in [-0.4, -0.2) is 50.2 Å². The van der Waals surface area contributed by atoms with E-state index in [1.54, 1.807) is 17.0 Å². The molecule has 0 unspecified atom stereocenters. The van der Waals surface area contributed by atoms with E-state index in [9.17, 15) is 13.6 Å². The molecule has 28 heavy (non-hydrogen) atoms. The van der Waals surface area contributed by atoms with E-state index >= 15 is 0 Å². The van der Waals surface area contributed by atoms with Gasteiger partial charge in [-0.05, 0) is 17.7 Å². The van der Waals surface area contributed by atoms with Crippen molar-refractivity contribution in [3.63, 3.8) is 0 Å². The van der Waals surface area contributed by atoms with Gasteiger partial charge in [-0.2, -0.15) is 8.78 Å². The van der Waals surface area contributed by atoms with Crippen LogP contribution in [0.25, 0.3) is 0 Å². The van der Waals surface area contributed by atoms with E-state index in [1.807, 2.05) is 30.3 Å². The highest BCUT2D eigenvalue weighted by Crippen LogP contribution is 2.30. The van der Waals surface area contributed by atoms with Crippen molar-refractivity contribution in [3.8, 4) is 5.75 Å². The second kappa shape index (κ2) is 9.61. The lowest BCUT2D eigenvalue weighted by Gasteiger charge is -2.27. The molecule has 0 aromatic heterocycles. The Labute approximate surface area is 163 Å². The first kappa shape index (κ1) is 20.2. The fourth-order valence-electron chi connectivity index (χ4n) is 2.91. The smallest absolute Gasteiger partial charge is 0.285 e. The molecule has 1 N–H and O–H groups in total. The second-order valence-electron chi connectivity index (χ2n) is 6.60. The van der Waals surface area contributed by atoms with Crippen LogP contribution in [0, 0.1) is 0 Å². The molecule has 2 aromatic carbocycles. The molecule has 1 heterocycles. The number of alkyl halides is 2. The minimum absolute atomic E-state index is 0.125. The Balaban J connectivity index is 1.51. The van der Waals surface area contributed by atoms with Crippen LogP contribution in [0.2, 0.25) is 0 Å². The highest BCUT2D eigenvalue weighted by Gasteiger charge is 2.32. The Morgan fingerprint density at radius 2 is 1.86 bits per heavy atom. The Bertz CT molecular complexity index is 765. The van der Waals surface area contributed by atoms with Crippen LogP contribution >= 0.6 is 0 Å².